The van der Waals surface area contributed by atoms with Crippen molar-refractivity contribution in [1.82, 2.24) is 0 Å². The van der Waals surface area contributed by atoms with Crippen LogP contribution in [0.25, 0.3) is 0 Å². The normalized spacial score (nSPS) is 24.8. The summed E-state index contributed by atoms with van der Waals surface area (Å²) in [7, 11) is 0. The summed E-state index contributed by atoms with van der Waals surface area (Å²) in [4.78, 5) is 0. The van der Waals surface area contributed by atoms with E-state index in [2.05, 4.69) is 69.2 Å². The fourth-order valence-electron chi connectivity index (χ4n) is 2.81. The largest absolute Gasteiger partial charge is 0.358 e. The number of hydrogen-bond donors (Lipinski definition) is 0. The second kappa shape index (κ2) is 11.5. The average Bonchev–Trinajstić information content (AvgIpc) is 2.71. The van der Waals surface area contributed by atoms with Gasteiger partial charge in [-0.2, -0.15) is 0 Å². The molecule has 0 atom stereocenters. The Morgan fingerprint density at radius 3 is 0.348 bits per heavy atom. The second-order valence-electron chi connectivity index (χ2n) is 6.25. The van der Waals surface area contributed by atoms with E-state index in [1.807, 2.05) is 0 Å². The van der Waals surface area contributed by atoms with E-state index in [0.717, 1.165) is 0 Å². The molecule has 1 heteroatoms. The molecule has 0 aromatic carbocycles. The van der Waals surface area contributed by atoms with E-state index in [-0.39, 0.29) is 40.7 Å². The van der Waals surface area contributed by atoms with Crippen LogP contribution in [0, 0.1) is 74.0 Å². The quantitative estimate of drug-likeness (QED) is 0.264. The van der Waals surface area contributed by atoms with Gasteiger partial charge in [0.05, 0.1) is 0 Å². The van der Waals surface area contributed by atoms with Gasteiger partial charge in [0.1, 0.15) is 0 Å². The average molecular weight is 479 g/mol. The molecule has 2 aliphatic carbocycles. The molecule has 0 bridgehead atoms. The minimum absolute atomic E-state index is 0. The summed E-state index contributed by atoms with van der Waals surface area (Å²) >= 11 is 0. The zero-order chi connectivity index (χ0) is 15.8. The van der Waals surface area contributed by atoms with Crippen molar-refractivity contribution in [3.05, 3.63) is 74.0 Å². The molecule has 0 aliphatic heterocycles. The third-order valence-electron chi connectivity index (χ3n) is 5.62. The maximum Gasteiger partial charge on any atom is 0 e. The van der Waals surface area contributed by atoms with Crippen LogP contribution in [-0.4, -0.2) is 0 Å². The Hall–Kier alpha value is 0.870. The summed E-state index contributed by atoms with van der Waals surface area (Å²) in [6, 6.07) is 0. The van der Waals surface area contributed by atoms with Crippen molar-refractivity contribution >= 4 is 0 Å². The van der Waals surface area contributed by atoms with Crippen LogP contribution in [0.4, 0.5) is 0 Å². The van der Waals surface area contributed by atoms with Gasteiger partial charge >= 0.3 is 0 Å². The molecule has 0 aromatic heterocycles. The maximum atomic E-state index is 2.20. The zero-order valence-electron chi connectivity index (χ0n) is 17.5. The van der Waals surface area contributed by atoms with Gasteiger partial charge in [0, 0.05) is 25.8 Å². The molecule has 0 amide bonds. The summed E-state index contributed by atoms with van der Waals surface area (Å²) in [6.45, 7) is 22.0. The van der Waals surface area contributed by atoms with Gasteiger partial charge in [-0.1, -0.05) is 69.2 Å². The summed E-state index contributed by atoms with van der Waals surface area (Å²) in [5, 5.41) is 0. The van der Waals surface area contributed by atoms with E-state index >= 15 is 0 Å². The minimum Gasteiger partial charge on any atom is -0.358 e. The zero-order valence-corrected chi connectivity index (χ0v) is 21.1. The van der Waals surface area contributed by atoms with E-state index in [1.54, 1.807) is 0 Å². The van der Waals surface area contributed by atoms with Crippen molar-refractivity contribution in [2.24, 2.45) is 0 Å². The molecule has 2 rings (SSSR count). The van der Waals surface area contributed by atoms with Gasteiger partial charge < -0.3 is 14.9 Å². The van der Waals surface area contributed by atoms with Gasteiger partial charge in [0.2, 0.25) is 0 Å². The first-order valence-corrected chi connectivity index (χ1v) is 7.50. The van der Waals surface area contributed by atoms with Crippen LogP contribution >= 0.6 is 0 Å². The maximum absolute atomic E-state index is 2.20. The van der Waals surface area contributed by atoms with Gasteiger partial charge in [-0.3, -0.25) is 0 Å². The van der Waals surface area contributed by atoms with Crippen LogP contribution in [0.1, 0.15) is 69.2 Å². The fourth-order valence-corrected chi connectivity index (χ4v) is 2.81. The Kier molecular flexibility index (Phi) is 14.3. The molecular formula is C22H36Hf-2. The molecule has 0 nitrogen and oxygen atoms in total. The summed E-state index contributed by atoms with van der Waals surface area (Å²) in [5.74, 6) is 14.7. The molecule has 0 heterocycles. The topological polar surface area (TPSA) is 0 Å². The first kappa shape index (κ1) is 28.7. The Morgan fingerprint density at radius 2 is 0.304 bits per heavy atom. The van der Waals surface area contributed by atoms with Crippen LogP contribution in [0.15, 0.2) is 0 Å². The van der Waals surface area contributed by atoms with Crippen LogP contribution < -0.4 is 0 Å². The summed E-state index contributed by atoms with van der Waals surface area (Å²) in [6.07, 6.45) is 0. The summed E-state index contributed by atoms with van der Waals surface area (Å²) < 4.78 is 0. The predicted octanol–water partition coefficient (Wildman–Crippen LogP) is 6.84. The van der Waals surface area contributed by atoms with E-state index in [1.165, 1.54) is 59.2 Å². The predicted molar refractivity (Wildman–Crippen MR) is 102 cm³/mol. The molecule has 2 aliphatic rings. The van der Waals surface area contributed by atoms with E-state index in [0.29, 0.717) is 0 Å². The Bertz CT molecular complexity index is 181. The second-order valence-corrected chi connectivity index (χ2v) is 6.25. The molecule has 0 aromatic rings. The molecule has 2 saturated carbocycles. The van der Waals surface area contributed by atoms with E-state index < -0.39 is 0 Å². The molecule has 23 heavy (non-hydrogen) atoms. The minimum atomic E-state index is 0. The van der Waals surface area contributed by atoms with E-state index in [4.69, 9.17) is 0 Å². The van der Waals surface area contributed by atoms with Crippen molar-refractivity contribution < 1.29 is 25.8 Å². The number of hydrogen-bond acceptors (Lipinski definition) is 0. The van der Waals surface area contributed by atoms with Crippen LogP contribution in [0.5, 0.6) is 0 Å². The molecule has 2 fully saturated rings. The van der Waals surface area contributed by atoms with Crippen molar-refractivity contribution in [2.75, 3.05) is 0 Å². The van der Waals surface area contributed by atoms with Crippen molar-refractivity contribution in [1.29, 1.82) is 0 Å². The van der Waals surface area contributed by atoms with Crippen LogP contribution in [0.2, 0.25) is 0 Å². The Balaban J connectivity index is -0.000000308. The van der Waals surface area contributed by atoms with Gasteiger partial charge in [-0.05, 0) is 59.2 Å². The molecule has 0 saturated heterocycles. The van der Waals surface area contributed by atoms with Crippen molar-refractivity contribution in [2.45, 2.75) is 69.2 Å². The van der Waals surface area contributed by atoms with Crippen molar-refractivity contribution in [3.8, 4) is 0 Å². The molecule has 130 valence electrons. The molecular weight excluding hydrogens is 443 g/mol. The Morgan fingerprint density at radius 1 is 0.261 bits per heavy atom. The Labute approximate surface area is 168 Å². The van der Waals surface area contributed by atoms with Gasteiger partial charge in [-0.25, -0.2) is 0 Å². The molecule has 0 spiro atoms. The van der Waals surface area contributed by atoms with Gasteiger partial charge in [0.25, 0.3) is 0 Å². The third-order valence-corrected chi connectivity index (χ3v) is 5.62. The molecule has 10 radical (unpaired) electrons. The summed E-state index contributed by atoms with van der Waals surface area (Å²) in [5.41, 5.74) is 0. The standard InChI is InChI=1S/2C10H15.2CH3.Hf/c2*1-6-7(2)9(4)10(5)8(6)3;;;/h2*1-5H3;2*1H3;/q;;2*-1;. The van der Waals surface area contributed by atoms with Gasteiger partial charge in [0.15, 0.2) is 0 Å². The number of rotatable bonds is 0. The fraction of sp³-hybridized carbons (Fsp3) is 0.455. The first-order valence-electron chi connectivity index (χ1n) is 7.50. The SMILES string of the molecule is C[C]1[C](C)[C](C)[C](C)[C]1C.C[C]1[C](C)[C](C)[C](C)[C]1C.[CH3-].[CH3-].[Hf]. The monoisotopic (exact) mass is 480 g/mol. The van der Waals surface area contributed by atoms with Gasteiger partial charge in [-0.15, -0.1) is 0 Å². The molecule has 0 unspecified atom stereocenters. The molecule has 0 N–H and O–H groups in total. The van der Waals surface area contributed by atoms with Crippen LogP contribution in [0.3, 0.4) is 0 Å². The first-order chi connectivity index (χ1) is 9.11. The van der Waals surface area contributed by atoms with Crippen LogP contribution in [-0.2, 0) is 25.8 Å². The van der Waals surface area contributed by atoms with Crippen molar-refractivity contribution in [3.63, 3.8) is 0 Å². The third kappa shape index (κ3) is 5.96. The van der Waals surface area contributed by atoms with E-state index in [9.17, 15) is 0 Å². The smallest absolute Gasteiger partial charge is 0 e.